The minimum absolute atomic E-state index is 0.0335. The molecule has 0 aliphatic carbocycles. The molecule has 0 radical (unpaired) electrons. The van der Waals surface area contributed by atoms with E-state index in [1.54, 1.807) is 6.92 Å². The monoisotopic (exact) mass is 252 g/mol. The molecule has 1 unspecified atom stereocenters. The Kier molecular flexibility index (Phi) is 5.01. The van der Waals surface area contributed by atoms with Gasteiger partial charge in [0.15, 0.2) is 5.78 Å². The first kappa shape index (κ1) is 14.4. The summed E-state index contributed by atoms with van der Waals surface area (Å²) in [6, 6.07) is 4.09. The maximum Gasteiger partial charge on any atom is 0.306 e. The number of carboxylic acid groups (broad SMARTS) is 1. The number of carboxylic acids is 1. The van der Waals surface area contributed by atoms with E-state index >= 15 is 0 Å². The van der Waals surface area contributed by atoms with Gasteiger partial charge in [-0.2, -0.15) is 0 Å². The molecule has 0 saturated carbocycles. The standard InChI is InChI=1S/C14H17FO3/c1-3-4-11(14(17)18)8-13(16)10-5-6-12(15)9(2)7-10/h5-7,11H,3-4,8H2,1-2H3,(H,17,18). The molecule has 0 saturated heterocycles. The molecule has 0 bridgehead atoms. The summed E-state index contributed by atoms with van der Waals surface area (Å²) in [4.78, 5) is 22.9. The van der Waals surface area contributed by atoms with Gasteiger partial charge in [0.25, 0.3) is 0 Å². The fourth-order valence-corrected chi connectivity index (χ4v) is 1.82. The summed E-state index contributed by atoms with van der Waals surface area (Å²) in [5, 5.41) is 8.99. The van der Waals surface area contributed by atoms with Crippen molar-refractivity contribution in [3.8, 4) is 0 Å². The predicted octanol–water partition coefficient (Wildman–Crippen LogP) is 3.21. The van der Waals surface area contributed by atoms with Crippen LogP contribution in [0.4, 0.5) is 4.39 Å². The molecule has 1 rings (SSSR count). The molecule has 18 heavy (non-hydrogen) atoms. The molecule has 0 aliphatic rings. The molecule has 1 aromatic carbocycles. The minimum atomic E-state index is -0.955. The Morgan fingerprint density at radius 2 is 2.06 bits per heavy atom. The average Bonchev–Trinajstić information content (AvgIpc) is 2.31. The number of Topliss-reactive ketones (excluding diaryl/α,β-unsaturated/α-hetero) is 1. The minimum Gasteiger partial charge on any atom is -0.481 e. The average molecular weight is 252 g/mol. The molecule has 0 aliphatic heterocycles. The third-order valence-electron chi connectivity index (χ3n) is 2.90. The fourth-order valence-electron chi connectivity index (χ4n) is 1.82. The largest absolute Gasteiger partial charge is 0.481 e. The van der Waals surface area contributed by atoms with Crippen LogP contribution in [-0.4, -0.2) is 16.9 Å². The summed E-state index contributed by atoms with van der Waals surface area (Å²) in [5.41, 5.74) is 0.763. The van der Waals surface area contributed by atoms with E-state index in [0.717, 1.165) is 0 Å². The predicted molar refractivity (Wildman–Crippen MR) is 66.1 cm³/mol. The van der Waals surface area contributed by atoms with Crippen LogP contribution in [-0.2, 0) is 4.79 Å². The Morgan fingerprint density at radius 3 is 2.56 bits per heavy atom. The zero-order chi connectivity index (χ0) is 13.7. The summed E-state index contributed by atoms with van der Waals surface area (Å²) in [6.07, 6.45) is 1.15. The molecule has 4 heteroatoms. The molecule has 0 heterocycles. The van der Waals surface area contributed by atoms with Gasteiger partial charge in [0.1, 0.15) is 5.82 Å². The van der Waals surface area contributed by atoms with Crippen molar-refractivity contribution in [1.82, 2.24) is 0 Å². The van der Waals surface area contributed by atoms with E-state index in [1.165, 1.54) is 18.2 Å². The molecule has 0 fully saturated rings. The molecular weight excluding hydrogens is 235 g/mol. The van der Waals surface area contributed by atoms with Crippen LogP contribution in [0.25, 0.3) is 0 Å². The van der Waals surface area contributed by atoms with Crippen LogP contribution in [0.1, 0.15) is 42.1 Å². The summed E-state index contributed by atoms with van der Waals surface area (Å²) in [6.45, 7) is 3.45. The Hall–Kier alpha value is -1.71. The second-order valence-electron chi connectivity index (χ2n) is 4.42. The molecule has 98 valence electrons. The van der Waals surface area contributed by atoms with Gasteiger partial charge in [0.2, 0.25) is 0 Å². The van der Waals surface area contributed by atoms with Crippen molar-refractivity contribution in [3.05, 3.63) is 35.1 Å². The number of hydrogen-bond acceptors (Lipinski definition) is 2. The first-order chi connectivity index (χ1) is 8.45. The number of carbonyl (C=O) groups is 2. The van der Waals surface area contributed by atoms with E-state index < -0.39 is 11.9 Å². The van der Waals surface area contributed by atoms with Gasteiger partial charge < -0.3 is 5.11 Å². The number of carbonyl (C=O) groups excluding carboxylic acids is 1. The molecule has 3 nitrogen and oxygen atoms in total. The molecular formula is C14H17FO3. The first-order valence-corrected chi connectivity index (χ1v) is 5.97. The zero-order valence-electron chi connectivity index (χ0n) is 10.6. The number of halogens is 1. The third kappa shape index (κ3) is 3.65. The summed E-state index contributed by atoms with van der Waals surface area (Å²) in [5.74, 6) is -2.23. The lowest BCUT2D eigenvalue weighted by Crippen LogP contribution is -2.18. The molecule has 1 N–H and O–H groups in total. The number of benzene rings is 1. The van der Waals surface area contributed by atoms with Gasteiger partial charge >= 0.3 is 5.97 Å². The number of hydrogen-bond donors (Lipinski definition) is 1. The maximum atomic E-state index is 13.1. The Balaban J connectivity index is 2.80. The Morgan fingerprint density at radius 1 is 1.39 bits per heavy atom. The number of aryl methyl sites for hydroxylation is 1. The molecule has 1 atom stereocenters. The maximum absolute atomic E-state index is 13.1. The normalized spacial score (nSPS) is 12.2. The summed E-state index contributed by atoms with van der Waals surface area (Å²) < 4.78 is 13.1. The number of aliphatic carboxylic acids is 1. The molecule has 0 amide bonds. The van der Waals surface area contributed by atoms with Crippen LogP contribution >= 0.6 is 0 Å². The van der Waals surface area contributed by atoms with Crippen LogP contribution in [0.3, 0.4) is 0 Å². The molecule has 0 aromatic heterocycles. The van der Waals surface area contributed by atoms with Crippen molar-refractivity contribution in [1.29, 1.82) is 0 Å². The van der Waals surface area contributed by atoms with Crippen molar-refractivity contribution in [3.63, 3.8) is 0 Å². The van der Waals surface area contributed by atoms with Crippen LogP contribution in [0.15, 0.2) is 18.2 Å². The quantitative estimate of drug-likeness (QED) is 0.791. The van der Waals surface area contributed by atoms with Gasteiger partial charge in [0.05, 0.1) is 5.92 Å². The van der Waals surface area contributed by atoms with E-state index in [1.807, 2.05) is 6.92 Å². The van der Waals surface area contributed by atoms with Crippen LogP contribution in [0.2, 0.25) is 0 Å². The highest BCUT2D eigenvalue weighted by Crippen LogP contribution is 2.17. The van der Waals surface area contributed by atoms with Crippen LogP contribution in [0.5, 0.6) is 0 Å². The van der Waals surface area contributed by atoms with Crippen molar-refractivity contribution >= 4 is 11.8 Å². The van der Waals surface area contributed by atoms with Gasteiger partial charge in [-0.25, -0.2) is 4.39 Å². The zero-order valence-corrected chi connectivity index (χ0v) is 10.6. The van der Waals surface area contributed by atoms with Crippen molar-refractivity contribution in [2.24, 2.45) is 5.92 Å². The lowest BCUT2D eigenvalue weighted by Gasteiger charge is -2.10. The lowest BCUT2D eigenvalue weighted by atomic mass is 9.94. The van der Waals surface area contributed by atoms with E-state index in [2.05, 4.69) is 0 Å². The lowest BCUT2D eigenvalue weighted by molar-refractivity contribution is -0.141. The topological polar surface area (TPSA) is 54.4 Å². The third-order valence-corrected chi connectivity index (χ3v) is 2.90. The second-order valence-corrected chi connectivity index (χ2v) is 4.42. The summed E-state index contributed by atoms with van der Waals surface area (Å²) >= 11 is 0. The highest BCUT2D eigenvalue weighted by Gasteiger charge is 2.21. The fraction of sp³-hybridized carbons (Fsp3) is 0.429. The van der Waals surface area contributed by atoms with Gasteiger partial charge in [0, 0.05) is 12.0 Å². The molecule has 0 spiro atoms. The highest BCUT2D eigenvalue weighted by molar-refractivity contribution is 5.98. The van der Waals surface area contributed by atoms with E-state index in [0.29, 0.717) is 24.0 Å². The van der Waals surface area contributed by atoms with Crippen LogP contribution in [0, 0.1) is 18.7 Å². The van der Waals surface area contributed by atoms with Crippen molar-refractivity contribution in [2.45, 2.75) is 33.1 Å². The Bertz CT molecular complexity index is 454. The van der Waals surface area contributed by atoms with Crippen molar-refractivity contribution < 1.29 is 19.1 Å². The van der Waals surface area contributed by atoms with Crippen LogP contribution < -0.4 is 0 Å². The van der Waals surface area contributed by atoms with Gasteiger partial charge in [-0.15, -0.1) is 0 Å². The number of rotatable bonds is 6. The van der Waals surface area contributed by atoms with E-state index in [-0.39, 0.29) is 18.0 Å². The van der Waals surface area contributed by atoms with Gasteiger partial charge in [-0.05, 0) is 37.1 Å². The first-order valence-electron chi connectivity index (χ1n) is 5.97. The van der Waals surface area contributed by atoms with E-state index in [4.69, 9.17) is 5.11 Å². The summed E-state index contributed by atoms with van der Waals surface area (Å²) in [7, 11) is 0. The van der Waals surface area contributed by atoms with Gasteiger partial charge in [-0.1, -0.05) is 13.3 Å². The van der Waals surface area contributed by atoms with E-state index in [9.17, 15) is 14.0 Å². The van der Waals surface area contributed by atoms with Gasteiger partial charge in [-0.3, -0.25) is 9.59 Å². The molecule has 1 aromatic rings. The smallest absolute Gasteiger partial charge is 0.306 e. The van der Waals surface area contributed by atoms with Crippen molar-refractivity contribution in [2.75, 3.05) is 0 Å². The Labute approximate surface area is 106 Å². The number of ketones is 1. The SMILES string of the molecule is CCCC(CC(=O)c1ccc(F)c(C)c1)C(=O)O. The highest BCUT2D eigenvalue weighted by atomic mass is 19.1. The second kappa shape index (κ2) is 6.28.